The molecule has 0 aromatic heterocycles. The van der Waals surface area contributed by atoms with Crippen molar-refractivity contribution in [2.75, 3.05) is 13.2 Å². The molecule has 0 unspecified atom stereocenters. The molecule has 0 spiro atoms. The zero-order valence-corrected chi connectivity index (χ0v) is 12.9. The summed E-state index contributed by atoms with van der Waals surface area (Å²) in [6.45, 7) is 6.84. The molecule has 0 atom stereocenters. The van der Waals surface area contributed by atoms with Crippen LogP contribution in [0.3, 0.4) is 0 Å². The maximum atomic E-state index is 11.4. The van der Waals surface area contributed by atoms with Crippen molar-refractivity contribution in [1.82, 2.24) is 5.32 Å². The van der Waals surface area contributed by atoms with Gasteiger partial charge in [-0.25, -0.2) is 4.79 Å². The molecule has 0 aliphatic carbocycles. The Balaban J connectivity index is 2.41. The number of amides is 1. The summed E-state index contributed by atoms with van der Waals surface area (Å²) in [5.74, 6) is 0.336. The smallest absolute Gasteiger partial charge is 0.407 e. The molecule has 0 bridgehead atoms. The van der Waals surface area contributed by atoms with E-state index in [-0.39, 0.29) is 6.09 Å². The third-order valence-corrected chi connectivity index (χ3v) is 3.56. The van der Waals surface area contributed by atoms with Crippen LogP contribution in [0.25, 0.3) is 0 Å². The Hall–Kier alpha value is -0.930. The fourth-order valence-corrected chi connectivity index (χ4v) is 1.94. The first-order valence-corrected chi connectivity index (χ1v) is 7.01. The molecular weight excluding hydrogens is 285 g/mol. The molecule has 5 heteroatoms. The molecule has 0 aliphatic rings. The third-order valence-electron chi connectivity index (χ3n) is 2.66. The standard InChI is InChI=1S/C14H19Cl2NO2/c1-9(2)8-19-14(18)17-7-6-11-4-5-12(15)13(16)10(11)3/h4-5,9H,6-8H2,1-3H3,(H,17,18). The molecule has 0 heterocycles. The topological polar surface area (TPSA) is 38.3 Å². The van der Waals surface area contributed by atoms with Crippen LogP contribution in [-0.4, -0.2) is 19.2 Å². The Bertz CT molecular complexity index is 447. The van der Waals surface area contributed by atoms with Gasteiger partial charge in [-0.3, -0.25) is 0 Å². The summed E-state index contributed by atoms with van der Waals surface area (Å²) in [6, 6.07) is 3.69. The minimum atomic E-state index is -0.383. The second-order valence-electron chi connectivity index (χ2n) is 4.81. The van der Waals surface area contributed by atoms with E-state index in [4.69, 9.17) is 27.9 Å². The summed E-state index contributed by atoms with van der Waals surface area (Å²) >= 11 is 12.0. The summed E-state index contributed by atoms with van der Waals surface area (Å²) in [5, 5.41) is 3.83. The van der Waals surface area contributed by atoms with Gasteiger partial charge in [-0.05, 0) is 36.5 Å². The molecule has 0 radical (unpaired) electrons. The van der Waals surface area contributed by atoms with Gasteiger partial charge in [-0.1, -0.05) is 43.1 Å². The lowest BCUT2D eigenvalue weighted by molar-refractivity contribution is 0.133. The summed E-state index contributed by atoms with van der Waals surface area (Å²) in [6.07, 6.45) is 0.311. The highest BCUT2D eigenvalue weighted by molar-refractivity contribution is 6.42. The van der Waals surface area contributed by atoms with Gasteiger partial charge in [0.2, 0.25) is 0 Å². The van der Waals surface area contributed by atoms with Gasteiger partial charge in [0.1, 0.15) is 0 Å². The number of carbonyl (C=O) groups excluding carboxylic acids is 1. The molecule has 1 amide bonds. The molecule has 106 valence electrons. The fourth-order valence-electron chi connectivity index (χ4n) is 1.56. The Morgan fingerprint density at radius 1 is 1.37 bits per heavy atom. The molecule has 0 saturated heterocycles. The molecule has 3 nitrogen and oxygen atoms in total. The predicted octanol–water partition coefficient (Wildman–Crippen LogP) is 4.23. The summed E-state index contributed by atoms with van der Waals surface area (Å²) < 4.78 is 5.02. The van der Waals surface area contributed by atoms with Gasteiger partial charge in [0.25, 0.3) is 0 Å². The predicted molar refractivity (Wildman–Crippen MR) is 79.1 cm³/mol. The van der Waals surface area contributed by atoms with E-state index in [1.165, 1.54) is 0 Å². The van der Waals surface area contributed by atoms with E-state index >= 15 is 0 Å². The van der Waals surface area contributed by atoms with E-state index in [1.807, 2.05) is 26.8 Å². The van der Waals surface area contributed by atoms with E-state index in [9.17, 15) is 4.79 Å². The highest BCUT2D eigenvalue weighted by Crippen LogP contribution is 2.27. The average molecular weight is 304 g/mol. The molecule has 0 aliphatic heterocycles. The Morgan fingerprint density at radius 3 is 2.68 bits per heavy atom. The van der Waals surface area contributed by atoms with Crippen LogP contribution in [0.1, 0.15) is 25.0 Å². The quantitative estimate of drug-likeness (QED) is 0.884. The van der Waals surface area contributed by atoms with Gasteiger partial charge in [0.15, 0.2) is 0 Å². The molecule has 1 aromatic rings. The molecule has 1 aromatic carbocycles. The molecule has 1 rings (SSSR count). The number of benzene rings is 1. The van der Waals surface area contributed by atoms with Crippen molar-refractivity contribution in [2.45, 2.75) is 27.2 Å². The number of carbonyl (C=O) groups is 1. The monoisotopic (exact) mass is 303 g/mol. The Kier molecular flexibility index (Phi) is 6.46. The zero-order chi connectivity index (χ0) is 14.4. The first-order chi connectivity index (χ1) is 8.91. The van der Waals surface area contributed by atoms with Crippen molar-refractivity contribution in [2.24, 2.45) is 5.92 Å². The maximum absolute atomic E-state index is 11.4. The lowest BCUT2D eigenvalue weighted by Gasteiger charge is -2.11. The van der Waals surface area contributed by atoms with Gasteiger partial charge >= 0.3 is 6.09 Å². The van der Waals surface area contributed by atoms with Crippen LogP contribution in [0, 0.1) is 12.8 Å². The van der Waals surface area contributed by atoms with Crippen molar-refractivity contribution in [3.63, 3.8) is 0 Å². The molecule has 0 fully saturated rings. The SMILES string of the molecule is Cc1c(CCNC(=O)OCC(C)C)ccc(Cl)c1Cl. The summed E-state index contributed by atoms with van der Waals surface area (Å²) in [4.78, 5) is 11.4. The number of nitrogens with one attached hydrogen (secondary N) is 1. The van der Waals surface area contributed by atoms with E-state index in [0.29, 0.717) is 35.5 Å². The van der Waals surface area contributed by atoms with Crippen LogP contribution in [0.5, 0.6) is 0 Å². The van der Waals surface area contributed by atoms with Gasteiger partial charge < -0.3 is 10.1 Å². The van der Waals surface area contributed by atoms with Crippen molar-refractivity contribution in [3.8, 4) is 0 Å². The van der Waals surface area contributed by atoms with Gasteiger partial charge in [-0.15, -0.1) is 0 Å². The van der Waals surface area contributed by atoms with Crippen LogP contribution >= 0.6 is 23.2 Å². The van der Waals surface area contributed by atoms with Crippen molar-refractivity contribution < 1.29 is 9.53 Å². The molecule has 19 heavy (non-hydrogen) atoms. The van der Waals surface area contributed by atoms with Crippen molar-refractivity contribution >= 4 is 29.3 Å². The van der Waals surface area contributed by atoms with Gasteiger partial charge in [0, 0.05) is 6.54 Å². The van der Waals surface area contributed by atoms with Gasteiger partial charge in [0.05, 0.1) is 16.7 Å². The van der Waals surface area contributed by atoms with Crippen molar-refractivity contribution in [1.29, 1.82) is 0 Å². The number of hydrogen-bond donors (Lipinski definition) is 1. The van der Waals surface area contributed by atoms with Crippen LogP contribution in [0.2, 0.25) is 10.0 Å². The average Bonchev–Trinajstić information content (AvgIpc) is 2.36. The van der Waals surface area contributed by atoms with Crippen LogP contribution in [0.15, 0.2) is 12.1 Å². The van der Waals surface area contributed by atoms with E-state index in [0.717, 1.165) is 11.1 Å². The second-order valence-corrected chi connectivity index (χ2v) is 5.60. The largest absolute Gasteiger partial charge is 0.449 e. The highest BCUT2D eigenvalue weighted by atomic mass is 35.5. The number of hydrogen-bond acceptors (Lipinski definition) is 2. The summed E-state index contributed by atoms with van der Waals surface area (Å²) in [5.41, 5.74) is 2.02. The first kappa shape index (κ1) is 16.1. The third kappa shape index (κ3) is 5.29. The van der Waals surface area contributed by atoms with Crippen LogP contribution in [-0.2, 0) is 11.2 Å². The first-order valence-electron chi connectivity index (χ1n) is 6.26. The summed E-state index contributed by atoms with van der Waals surface area (Å²) in [7, 11) is 0. The Morgan fingerprint density at radius 2 is 2.05 bits per heavy atom. The van der Waals surface area contributed by atoms with Crippen molar-refractivity contribution in [3.05, 3.63) is 33.3 Å². The maximum Gasteiger partial charge on any atom is 0.407 e. The number of alkyl carbamates (subject to hydrolysis) is 1. The minimum Gasteiger partial charge on any atom is -0.449 e. The Labute approximate surface area is 124 Å². The van der Waals surface area contributed by atoms with Crippen LogP contribution < -0.4 is 5.32 Å². The lowest BCUT2D eigenvalue weighted by Crippen LogP contribution is -2.27. The lowest BCUT2D eigenvalue weighted by atomic mass is 10.1. The normalized spacial score (nSPS) is 10.6. The minimum absolute atomic E-state index is 0.336. The zero-order valence-electron chi connectivity index (χ0n) is 11.4. The number of ether oxygens (including phenoxy) is 1. The van der Waals surface area contributed by atoms with E-state index in [2.05, 4.69) is 5.32 Å². The molecule has 1 N–H and O–H groups in total. The number of rotatable bonds is 5. The van der Waals surface area contributed by atoms with Crippen LogP contribution in [0.4, 0.5) is 4.79 Å². The second kappa shape index (κ2) is 7.61. The van der Waals surface area contributed by atoms with E-state index < -0.39 is 0 Å². The molecule has 0 saturated carbocycles. The molecular formula is C14H19Cl2NO2. The number of halogens is 2. The van der Waals surface area contributed by atoms with Gasteiger partial charge in [-0.2, -0.15) is 0 Å². The fraction of sp³-hybridized carbons (Fsp3) is 0.500. The highest BCUT2D eigenvalue weighted by Gasteiger charge is 2.08. The van der Waals surface area contributed by atoms with E-state index in [1.54, 1.807) is 6.07 Å².